The fourth-order valence-corrected chi connectivity index (χ4v) is 2.68. The number of rotatable bonds is 2. The predicted octanol–water partition coefficient (Wildman–Crippen LogP) is 1.59. The number of carbonyl (C=O) groups excluding carboxylic acids is 1. The number of fused-ring (bicyclic) bond motifs is 1. The molecule has 2 aliphatic heterocycles. The van der Waals surface area contributed by atoms with E-state index in [0.717, 1.165) is 44.6 Å². The summed E-state index contributed by atoms with van der Waals surface area (Å²) in [5, 5.41) is 9.62. The molecule has 1 unspecified atom stereocenters. The van der Waals surface area contributed by atoms with Crippen LogP contribution >= 0.6 is 0 Å². The number of hydrogen-bond donors (Lipinski definition) is 3. The molecule has 2 aliphatic rings. The highest BCUT2D eigenvalue weighted by Gasteiger charge is 2.22. The quantitative estimate of drug-likeness (QED) is 0.741. The molecular weight excluding hydrogens is 226 g/mol. The Bertz CT molecular complexity index is 452. The molecule has 1 aromatic carbocycles. The summed E-state index contributed by atoms with van der Waals surface area (Å²) in [6.45, 7) is 2.80. The zero-order valence-electron chi connectivity index (χ0n) is 10.5. The third-order valence-corrected chi connectivity index (χ3v) is 3.74. The summed E-state index contributed by atoms with van der Waals surface area (Å²) in [7, 11) is 0. The van der Waals surface area contributed by atoms with Crippen molar-refractivity contribution in [2.75, 3.05) is 30.3 Å². The van der Waals surface area contributed by atoms with Crippen molar-refractivity contribution in [3.8, 4) is 0 Å². The molecule has 0 aromatic heterocycles. The highest BCUT2D eigenvalue weighted by atomic mass is 16.1. The second-order valence-corrected chi connectivity index (χ2v) is 5.08. The first-order valence-corrected chi connectivity index (χ1v) is 6.71. The first-order valence-electron chi connectivity index (χ1n) is 6.71. The average molecular weight is 245 g/mol. The molecule has 3 N–H and O–H groups in total. The van der Waals surface area contributed by atoms with Gasteiger partial charge in [-0.25, -0.2) is 0 Å². The number of benzene rings is 1. The maximum atomic E-state index is 12.0. The van der Waals surface area contributed by atoms with Crippen LogP contribution in [-0.2, 0) is 11.2 Å². The molecule has 1 fully saturated rings. The van der Waals surface area contributed by atoms with Gasteiger partial charge < -0.3 is 16.0 Å². The lowest BCUT2D eigenvalue weighted by Gasteiger charge is -2.19. The summed E-state index contributed by atoms with van der Waals surface area (Å²) < 4.78 is 0. The summed E-state index contributed by atoms with van der Waals surface area (Å²) >= 11 is 0. The molecule has 0 radical (unpaired) electrons. The monoisotopic (exact) mass is 245 g/mol. The molecule has 3 rings (SSSR count). The van der Waals surface area contributed by atoms with Crippen molar-refractivity contribution in [1.29, 1.82) is 0 Å². The molecule has 96 valence electrons. The highest BCUT2D eigenvalue weighted by Crippen LogP contribution is 2.25. The minimum absolute atomic E-state index is 0.124. The summed E-state index contributed by atoms with van der Waals surface area (Å²) in [5.74, 6) is 0.267. The molecule has 1 saturated heterocycles. The lowest BCUT2D eigenvalue weighted by molar-refractivity contribution is -0.119. The van der Waals surface area contributed by atoms with Crippen molar-refractivity contribution < 1.29 is 4.79 Å². The molecule has 2 heterocycles. The Hall–Kier alpha value is -1.55. The molecule has 1 aromatic rings. The van der Waals surface area contributed by atoms with Gasteiger partial charge in [0.05, 0.1) is 5.92 Å². The van der Waals surface area contributed by atoms with E-state index in [1.54, 1.807) is 0 Å². The topological polar surface area (TPSA) is 53.2 Å². The third kappa shape index (κ3) is 2.34. The first kappa shape index (κ1) is 11.5. The third-order valence-electron chi connectivity index (χ3n) is 3.74. The molecule has 0 bridgehead atoms. The van der Waals surface area contributed by atoms with Crippen LogP contribution in [0.25, 0.3) is 0 Å². The molecule has 4 heteroatoms. The molecule has 0 spiro atoms. The maximum Gasteiger partial charge on any atom is 0.228 e. The van der Waals surface area contributed by atoms with E-state index in [2.05, 4.69) is 28.1 Å². The lowest BCUT2D eigenvalue weighted by atomic mass is 10.0. The number of amides is 1. The van der Waals surface area contributed by atoms with Crippen molar-refractivity contribution >= 4 is 17.3 Å². The molecule has 0 aliphatic carbocycles. The van der Waals surface area contributed by atoms with Crippen LogP contribution in [0, 0.1) is 5.92 Å². The summed E-state index contributed by atoms with van der Waals surface area (Å²) in [6.07, 6.45) is 3.20. The van der Waals surface area contributed by atoms with Gasteiger partial charge in [-0.3, -0.25) is 4.79 Å². The van der Waals surface area contributed by atoms with Gasteiger partial charge in [0.25, 0.3) is 0 Å². The van der Waals surface area contributed by atoms with Gasteiger partial charge in [-0.1, -0.05) is 0 Å². The summed E-state index contributed by atoms with van der Waals surface area (Å²) in [4.78, 5) is 12.0. The Balaban J connectivity index is 1.70. The van der Waals surface area contributed by atoms with Crippen LogP contribution in [0.15, 0.2) is 18.2 Å². The van der Waals surface area contributed by atoms with Gasteiger partial charge in [0.1, 0.15) is 0 Å². The van der Waals surface area contributed by atoms with Gasteiger partial charge in [-0.2, -0.15) is 0 Å². The van der Waals surface area contributed by atoms with E-state index in [4.69, 9.17) is 0 Å². The van der Waals surface area contributed by atoms with Crippen LogP contribution in [0.5, 0.6) is 0 Å². The van der Waals surface area contributed by atoms with Crippen LogP contribution in [0.4, 0.5) is 11.4 Å². The molecule has 0 saturated carbocycles. The second-order valence-electron chi connectivity index (χ2n) is 5.08. The van der Waals surface area contributed by atoms with E-state index >= 15 is 0 Å². The van der Waals surface area contributed by atoms with Gasteiger partial charge >= 0.3 is 0 Å². The Labute approximate surface area is 107 Å². The Morgan fingerprint density at radius 3 is 3.11 bits per heavy atom. The number of aryl methyl sites for hydroxylation is 1. The van der Waals surface area contributed by atoms with E-state index in [1.165, 1.54) is 11.3 Å². The standard InChI is InChI=1S/C14H19N3O/c18-14(11-5-7-15-9-11)17-12-3-4-13-10(8-12)2-1-6-16-13/h3-4,8,11,15-16H,1-2,5-7,9H2,(H,17,18). The molecule has 18 heavy (non-hydrogen) atoms. The van der Waals surface area contributed by atoms with Crippen molar-refractivity contribution in [3.05, 3.63) is 23.8 Å². The average Bonchev–Trinajstić information content (AvgIpc) is 2.92. The van der Waals surface area contributed by atoms with Crippen molar-refractivity contribution in [1.82, 2.24) is 5.32 Å². The van der Waals surface area contributed by atoms with E-state index in [9.17, 15) is 4.79 Å². The SMILES string of the molecule is O=C(Nc1ccc2c(c1)CCCN2)C1CCNC1. The lowest BCUT2D eigenvalue weighted by Crippen LogP contribution is -2.24. The van der Waals surface area contributed by atoms with Gasteiger partial charge in [0.2, 0.25) is 5.91 Å². The van der Waals surface area contributed by atoms with Crippen LogP contribution in [0.2, 0.25) is 0 Å². The fraction of sp³-hybridized carbons (Fsp3) is 0.500. The largest absolute Gasteiger partial charge is 0.385 e. The fourth-order valence-electron chi connectivity index (χ4n) is 2.68. The zero-order chi connectivity index (χ0) is 12.4. The first-order chi connectivity index (χ1) is 8.83. The van der Waals surface area contributed by atoms with Gasteiger partial charge in [0, 0.05) is 24.5 Å². The summed E-state index contributed by atoms with van der Waals surface area (Å²) in [5.41, 5.74) is 3.44. The van der Waals surface area contributed by atoms with Crippen molar-refractivity contribution in [2.24, 2.45) is 5.92 Å². The normalized spacial score (nSPS) is 22.1. The second kappa shape index (κ2) is 4.98. The molecule has 1 atom stereocenters. The molecule has 4 nitrogen and oxygen atoms in total. The Morgan fingerprint density at radius 1 is 1.33 bits per heavy atom. The van der Waals surface area contributed by atoms with Crippen LogP contribution in [-0.4, -0.2) is 25.5 Å². The Morgan fingerprint density at radius 2 is 2.28 bits per heavy atom. The van der Waals surface area contributed by atoms with Gasteiger partial charge in [-0.15, -0.1) is 0 Å². The van der Waals surface area contributed by atoms with Crippen molar-refractivity contribution in [2.45, 2.75) is 19.3 Å². The maximum absolute atomic E-state index is 12.0. The highest BCUT2D eigenvalue weighted by molar-refractivity contribution is 5.93. The number of carbonyl (C=O) groups is 1. The summed E-state index contributed by atoms with van der Waals surface area (Å²) in [6, 6.07) is 6.15. The van der Waals surface area contributed by atoms with Gasteiger partial charge in [0.15, 0.2) is 0 Å². The zero-order valence-corrected chi connectivity index (χ0v) is 10.5. The molecule has 1 amide bonds. The van der Waals surface area contributed by atoms with Crippen LogP contribution in [0.1, 0.15) is 18.4 Å². The van der Waals surface area contributed by atoms with E-state index in [-0.39, 0.29) is 11.8 Å². The molecular formula is C14H19N3O. The number of hydrogen-bond acceptors (Lipinski definition) is 3. The van der Waals surface area contributed by atoms with Crippen LogP contribution < -0.4 is 16.0 Å². The van der Waals surface area contributed by atoms with E-state index in [1.807, 2.05) is 6.07 Å². The van der Waals surface area contributed by atoms with Gasteiger partial charge in [-0.05, 0) is 49.6 Å². The number of nitrogens with one attached hydrogen (secondary N) is 3. The Kier molecular flexibility index (Phi) is 3.19. The van der Waals surface area contributed by atoms with Crippen molar-refractivity contribution in [3.63, 3.8) is 0 Å². The minimum atomic E-state index is 0.124. The van der Waals surface area contributed by atoms with E-state index < -0.39 is 0 Å². The number of anilines is 2. The predicted molar refractivity (Wildman–Crippen MR) is 72.9 cm³/mol. The smallest absolute Gasteiger partial charge is 0.228 e. The van der Waals surface area contributed by atoms with Crippen LogP contribution in [0.3, 0.4) is 0 Å². The minimum Gasteiger partial charge on any atom is -0.385 e. The van der Waals surface area contributed by atoms with E-state index in [0.29, 0.717) is 0 Å².